The number of fused-ring (bicyclic) bond motifs is 1. The molecule has 0 spiro atoms. The highest BCUT2D eigenvalue weighted by atomic mass is 16.4. The summed E-state index contributed by atoms with van der Waals surface area (Å²) >= 11 is 0. The molecule has 0 aromatic heterocycles. The molecule has 2 aromatic rings. The van der Waals surface area contributed by atoms with Crippen LogP contribution in [0.4, 0.5) is 0 Å². The molecule has 7 aliphatic carbocycles. The number of nitrogens with one attached hydrogen (secondary N) is 1. The van der Waals surface area contributed by atoms with E-state index in [0.29, 0.717) is 25.9 Å². The maximum atomic E-state index is 14.4. The van der Waals surface area contributed by atoms with Crippen molar-refractivity contribution >= 4 is 17.8 Å². The highest BCUT2D eigenvalue weighted by Crippen LogP contribution is 2.61. The number of carbonyl (C=O) groups excluding carboxylic acids is 2. The number of amides is 2. The van der Waals surface area contributed by atoms with Crippen LogP contribution >= 0.6 is 0 Å². The zero-order valence-electron chi connectivity index (χ0n) is 22.9. The molecule has 208 valence electrons. The number of benzene rings is 2. The predicted molar refractivity (Wildman–Crippen MR) is 150 cm³/mol. The Morgan fingerprint density at radius 3 is 1.80 bits per heavy atom. The van der Waals surface area contributed by atoms with E-state index in [1.165, 1.54) is 38.5 Å². The average molecular weight is 539 g/mol. The van der Waals surface area contributed by atoms with Crippen molar-refractivity contribution in [1.29, 1.82) is 0 Å². The summed E-state index contributed by atoms with van der Waals surface area (Å²) in [7, 11) is 0. The summed E-state index contributed by atoms with van der Waals surface area (Å²) in [6.07, 6.45) is 8.91. The van der Waals surface area contributed by atoms with E-state index in [1.807, 2.05) is 24.3 Å². The molecule has 6 heteroatoms. The minimum atomic E-state index is -0.949. The van der Waals surface area contributed by atoms with E-state index in [2.05, 4.69) is 29.6 Å². The van der Waals surface area contributed by atoms with E-state index in [-0.39, 0.29) is 29.1 Å². The van der Waals surface area contributed by atoms with E-state index < -0.39 is 23.8 Å². The molecular weight excluding hydrogens is 500 g/mol. The lowest BCUT2D eigenvalue weighted by molar-refractivity contribution is -0.153. The molecule has 0 radical (unpaired) electrons. The Kier molecular flexibility index (Phi) is 5.50. The summed E-state index contributed by atoms with van der Waals surface area (Å²) in [4.78, 5) is 42.6. The van der Waals surface area contributed by atoms with Gasteiger partial charge in [-0.2, -0.15) is 0 Å². The van der Waals surface area contributed by atoms with Gasteiger partial charge in [0, 0.05) is 24.9 Å². The van der Waals surface area contributed by atoms with Crippen LogP contribution in [0.3, 0.4) is 0 Å². The van der Waals surface area contributed by atoms with E-state index in [9.17, 15) is 19.5 Å². The highest BCUT2D eigenvalue weighted by molar-refractivity contribution is 5.94. The number of hydrogen-bond acceptors (Lipinski definition) is 3. The number of carbonyl (C=O) groups is 3. The van der Waals surface area contributed by atoms with Crippen molar-refractivity contribution in [2.75, 3.05) is 13.1 Å². The van der Waals surface area contributed by atoms with Gasteiger partial charge in [0.05, 0.1) is 11.8 Å². The summed E-state index contributed by atoms with van der Waals surface area (Å²) < 4.78 is 0. The molecule has 2 unspecified atom stereocenters. The van der Waals surface area contributed by atoms with E-state index in [1.54, 1.807) is 4.90 Å². The predicted octanol–water partition coefficient (Wildman–Crippen LogP) is 4.92. The quantitative estimate of drug-likeness (QED) is 0.566. The lowest BCUT2D eigenvalue weighted by Gasteiger charge is -2.57. The zero-order valence-corrected chi connectivity index (χ0v) is 22.9. The minimum Gasteiger partial charge on any atom is -0.480 e. The lowest BCUT2D eigenvalue weighted by atomic mass is 9.49. The van der Waals surface area contributed by atoms with Crippen LogP contribution in [0.25, 0.3) is 0 Å². The molecule has 1 heterocycles. The number of aliphatic carboxylic acids is 1. The van der Waals surface area contributed by atoms with E-state index in [4.69, 9.17) is 0 Å². The summed E-state index contributed by atoms with van der Waals surface area (Å²) in [6, 6.07) is 15.7. The van der Waals surface area contributed by atoms with Gasteiger partial charge >= 0.3 is 5.97 Å². The first-order valence-electron chi connectivity index (χ1n) is 15.4. The maximum Gasteiger partial charge on any atom is 0.326 e. The van der Waals surface area contributed by atoms with Crippen LogP contribution in [0.1, 0.15) is 85.5 Å². The van der Waals surface area contributed by atoms with Gasteiger partial charge in [0.15, 0.2) is 0 Å². The maximum absolute atomic E-state index is 14.4. The smallest absolute Gasteiger partial charge is 0.326 e. The standard InChI is InChI=1S/C34H38N2O4/c37-31(35-18-34-15-19-12-20(16-34)14-21(13-19)17-34)29-27-22-6-1-3-8-24(22)28(25-9-4-2-7-23(25)27)30(29)32(38)36-11-5-10-26(36)33(39)40/h1-4,6-9,19-21,26-30H,5,10-18H2,(H,35,37)(H,39,40)/t19?,20?,21?,26-,27?,28?,29?,30?,34?/m1/s1. The summed E-state index contributed by atoms with van der Waals surface area (Å²) in [5.74, 6) is -0.338. The molecule has 4 saturated carbocycles. The van der Waals surface area contributed by atoms with Gasteiger partial charge < -0.3 is 15.3 Å². The summed E-state index contributed by atoms with van der Waals surface area (Å²) in [6.45, 7) is 1.14. The van der Waals surface area contributed by atoms with E-state index >= 15 is 0 Å². The van der Waals surface area contributed by atoms with E-state index in [0.717, 1.165) is 40.0 Å². The van der Waals surface area contributed by atoms with Crippen LogP contribution in [-0.2, 0) is 14.4 Å². The third kappa shape index (κ3) is 3.56. The van der Waals surface area contributed by atoms with Crippen LogP contribution in [0, 0.1) is 35.0 Å². The van der Waals surface area contributed by atoms with Gasteiger partial charge in [-0.25, -0.2) is 4.79 Å². The minimum absolute atomic E-state index is 0.0285. The Morgan fingerprint density at radius 1 is 0.800 bits per heavy atom. The van der Waals surface area contributed by atoms with Gasteiger partial charge in [0.1, 0.15) is 6.04 Å². The van der Waals surface area contributed by atoms with Gasteiger partial charge in [0.2, 0.25) is 11.8 Å². The van der Waals surface area contributed by atoms with Crippen molar-refractivity contribution in [3.05, 3.63) is 70.8 Å². The number of rotatable bonds is 5. The molecule has 10 rings (SSSR count). The first-order chi connectivity index (χ1) is 19.4. The number of nitrogens with zero attached hydrogens (tertiary/aromatic N) is 1. The molecule has 1 saturated heterocycles. The second-order valence-electron chi connectivity index (χ2n) is 13.9. The number of hydrogen-bond donors (Lipinski definition) is 2. The molecule has 6 bridgehead atoms. The van der Waals surface area contributed by atoms with Crippen molar-refractivity contribution in [2.24, 2.45) is 35.0 Å². The second-order valence-corrected chi connectivity index (χ2v) is 13.9. The molecule has 2 N–H and O–H groups in total. The normalized spacial score (nSPS) is 38.1. The Hall–Kier alpha value is -3.15. The molecular formula is C34H38N2O4. The molecule has 5 fully saturated rings. The summed E-state index contributed by atoms with van der Waals surface area (Å²) in [5, 5.41) is 13.4. The average Bonchev–Trinajstić information content (AvgIpc) is 3.45. The molecule has 1 aliphatic heterocycles. The Morgan fingerprint density at radius 2 is 1.30 bits per heavy atom. The fourth-order valence-electron chi connectivity index (χ4n) is 10.7. The van der Waals surface area contributed by atoms with Gasteiger partial charge in [0.25, 0.3) is 0 Å². The molecule has 40 heavy (non-hydrogen) atoms. The SMILES string of the molecule is O=C(NCC12CC3CC(CC(C3)C1)C2)C1C2c3ccccc3C(c3ccccc32)C1C(=O)N1CCC[C@@H]1C(=O)O. The van der Waals surface area contributed by atoms with Crippen molar-refractivity contribution < 1.29 is 19.5 Å². The van der Waals surface area contributed by atoms with Crippen LogP contribution in [0.15, 0.2) is 48.5 Å². The van der Waals surface area contributed by atoms with Crippen molar-refractivity contribution in [2.45, 2.75) is 69.2 Å². The molecule has 2 amide bonds. The third-order valence-electron chi connectivity index (χ3n) is 11.6. The lowest BCUT2D eigenvalue weighted by Crippen LogP contribution is -2.56. The molecule has 8 aliphatic rings. The van der Waals surface area contributed by atoms with Gasteiger partial charge in [-0.3, -0.25) is 9.59 Å². The van der Waals surface area contributed by atoms with Crippen LogP contribution < -0.4 is 5.32 Å². The Balaban J connectivity index is 1.18. The van der Waals surface area contributed by atoms with Crippen LogP contribution in [-0.4, -0.2) is 46.9 Å². The zero-order chi connectivity index (χ0) is 27.2. The summed E-state index contributed by atoms with van der Waals surface area (Å²) in [5.41, 5.74) is 4.71. The first kappa shape index (κ1) is 24.6. The molecule has 2 aromatic carbocycles. The van der Waals surface area contributed by atoms with Crippen molar-refractivity contribution in [1.82, 2.24) is 10.2 Å². The Bertz CT molecular complexity index is 1320. The monoisotopic (exact) mass is 538 g/mol. The number of likely N-dealkylation sites (tertiary alicyclic amines) is 1. The highest BCUT2D eigenvalue weighted by Gasteiger charge is 2.57. The van der Waals surface area contributed by atoms with Crippen molar-refractivity contribution in [3.8, 4) is 0 Å². The number of carboxylic acid groups (broad SMARTS) is 1. The third-order valence-corrected chi connectivity index (χ3v) is 11.6. The number of carboxylic acids is 1. The largest absolute Gasteiger partial charge is 0.480 e. The van der Waals surface area contributed by atoms with Gasteiger partial charge in [-0.1, -0.05) is 48.5 Å². The topological polar surface area (TPSA) is 86.7 Å². The van der Waals surface area contributed by atoms with Gasteiger partial charge in [-0.05, 0) is 96.8 Å². The fraction of sp³-hybridized carbons (Fsp3) is 0.559. The Labute approximate surface area is 235 Å². The molecule has 6 nitrogen and oxygen atoms in total. The van der Waals surface area contributed by atoms with Crippen LogP contribution in [0.5, 0.6) is 0 Å². The van der Waals surface area contributed by atoms with Crippen LogP contribution in [0.2, 0.25) is 0 Å². The fourth-order valence-corrected chi connectivity index (χ4v) is 10.7. The van der Waals surface area contributed by atoms with Crippen molar-refractivity contribution in [3.63, 3.8) is 0 Å². The second kappa shape index (κ2) is 8.92. The first-order valence-corrected chi connectivity index (χ1v) is 15.4. The molecule has 3 atom stereocenters. The van der Waals surface area contributed by atoms with Gasteiger partial charge in [-0.15, -0.1) is 0 Å².